The number of aliphatic hydroxyl groups excluding tert-OH is 1. The zero-order chi connectivity index (χ0) is 19.7. The maximum atomic E-state index is 12.6. The number of rotatable bonds is 4. The number of nitrogens with zero attached hydrogens (tertiary/aromatic N) is 1. The molecule has 0 bridgehead atoms. The van der Waals surface area contributed by atoms with Crippen molar-refractivity contribution in [3.05, 3.63) is 64.2 Å². The minimum absolute atomic E-state index is 0.0112. The number of carbonyl (C=O) groups excluding carboxylic acids is 2. The van der Waals surface area contributed by atoms with E-state index in [-0.39, 0.29) is 11.3 Å². The largest absolute Gasteiger partial charge is 0.507 e. The first-order chi connectivity index (χ1) is 12.9. The highest BCUT2D eigenvalue weighted by atomic mass is 35.5. The highest BCUT2D eigenvalue weighted by Gasteiger charge is 2.44. The van der Waals surface area contributed by atoms with Gasteiger partial charge in [-0.3, -0.25) is 9.59 Å². The summed E-state index contributed by atoms with van der Waals surface area (Å²) >= 11 is 5.88. The summed E-state index contributed by atoms with van der Waals surface area (Å²) in [5.41, 5.74) is 1.03. The Labute approximate surface area is 161 Å². The van der Waals surface area contributed by atoms with Gasteiger partial charge in [0.1, 0.15) is 5.76 Å². The van der Waals surface area contributed by atoms with Crippen molar-refractivity contribution in [1.82, 2.24) is 4.90 Å². The molecule has 1 amide bonds. The SMILES string of the molecule is COc1ccc(C2C(=C(O)c3ccc(Cl)cc3)C(=O)C(=O)N2C)cc1OC. The minimum Gasteiger partial charge on any atom is -0.507 e. The van der Waals surface area contributed by atoms with Crippen molar-refractivity contribution in [3.63, 3.8) is 0 Å². The van der Waals surface area contributed by atoms with Crippen molar-refractivity contribution >= 4 is 29.1 Å². The van der Waals surface area contributed by atoms with Crippen LogP contribution in [0.4, 0.5) is 0 Å². The van der Waals surface area contributed by atoms with Crippen LogP contribution in [0.1, 0.15) is 17.2 Å². The number of halogens is 1. The van der Waals surface area contributed by atoms with E-state index in [4.69, 9.17) is 21.1 Å². The minimum atomic E-state index is -0.750. The number of amides is 1. The molecule has 1 aliphatic heterocycles. The molecule has 2 aromatic rings. The second-order valence-corrected chi connectivity index (χ2v) is 6.47. The second-order valence-electron chi connectivity index (χ2n) is 6.03. The van der Waals surface area contributed by atoms with Gasteiger partial charge in [-0.1, -0.05) is 17.7 Å². The molecule has 27 heavy (non-hydrogen) atoms. The summed E-state index contributed by atoms with van der Waals surface area (Å²) in [4.78, 5) is 26.2. The molecular weight excluding hydrogens is 370 g/mol. The maximum Gasteiger partial charge on any atom is 0.295 e. The lowest BCUT2D eigenvalue weighted by Gasteiger charge is -2.22. The number of ketones is 1. The molecule has 0 spiro atoms. The molecule has 1 saturated heterocycles. The van der Waals surface area contributed by atoms with E-state index in [0.29, 0.717) is 27.6 Å². The van der Waals surface area contributed by atoms with E-state index in [2.05, 4.69) is 0 Å². The lowest BCUT2D eigenvalue weighted by Crippen LogP contribution is -2.24. The van der Waals surface area contributed by atoms with Gasteiger partial charge in [-0.2, -0.15) is 0 Å². The van der Waals surface area contributed by atoms with Crippen LogP contribution in [0.25, 0.3) is 5.76 Å². The van der Waals surface area contributed by atoms with Crippen molar-refractivity contribution in [2.45, 2.75) is 6.04 Å². The summed E-state index contributed by atoms with van der Waals surface area (Å²) in [6.45, 7) is 0. The Morgan fingerprint density at radius 1 is 1.04 bits per heavy atom. The predicted octanol–water partition coefficient (Wildman–Crippen LogP) is 3.41. The van der Waals surface area contributed by atoms with Crippen LogP contribution in [0, 0.1) is 0 Å². The fourth-order valence-electron chi connectivity index (χ4n) is 3.12. The van der Waals surface area contributed by atoms with Crippen LogP contribution in [-0.2, 0) is 9.59 Å². The second kappa shape index (κ2) is 7.32. The third-order valence-corrected chi connectivity index (χ3v) is 4.77. The van der Waals surface area contributed by atoms with Crippen molar-refractivity contribution in [1.29, 1.82) is 0 Å². The number of Topliss-reactive ketones (excluding diaryl/α,β-unsaturated/α-hetero) is 1. The van der Waals surface area contributed by atoms with Crippen LogP contribution in [-0.4, -0.2) is 43.0 Å². The van der Waals surface area contributed by atoms with E-state index in [1.54, 1.807) is 42.5 Å². The first kappa shape index (κ1) is 18.8. The molecule has 6 nitrogen and oxygen atoms in total. The van der Waals surface area contributed by atoms with Crippen LogP contribution < -0.4 is 9.47 Å². The Hall–Kier alpha value is -2.99. The molecule has 1 heterocycles. The molecule has 0 radical (unpaired) electrons. The summed E-state index contributed by atoms with van der Waals surface area (Å²) in [5.74, 6) is -0.711. The van der Waals surface area contributed by atoms with E-state index in [1.807, 2.05) is 0 Å². The van der Waals surface area contributed by atoms with Gasteiger partial charge < -0.3 is 19.5 Å². The first-order valence-corrected chi connectivity index (χ1v) is 8.49. The number of likely N-dealkylation sites (N-methyl/N-ethyl adjacent to an activating group) is 1. The van der Waals surface area contributed by atoms with Gasteiger partial charge in [-0.25, -0.2) is 0 Å². The number of aliphatic hydroxyl groups is 1. The van der Waals surface area contributed by atoms with Gasteiger partial charge in [0.15, 0.2) is 11.5 Å². The molecular formula is C20H18ClNO5. The zero-order valence-electron chi connectivity index (χ0n) is 15.0. The Morgan fingerprint density at radius 3 is 2.26 bits per heavy atom. The van der Waals surface area contributed by atoms with Gasteiger partial charge in [0.05, 0.1) is 25.8 Å². The summed E-state index contributed by atoms with van der Waals surface area (Å²) in [5, 5.41) is 11.3. The lowest BCUT2D eigenvalue weighted by molar-refractivity contribution is -0.139. The Morgan fingerprint density at radius 2 is 1.67 bits per heavy atom. The number of hydrogen-bond acceptors (Lipinski definition) is 5. The Kier molecular flexibility index (Phi) is 5.10. The average Bonchev–Trinajstić information content (AvgIpc) is 2.91. The molecule has 1 atom stereocenters. The fourth-order valence-corrected chi connectivity index (χ4v) is 3.25. The van der Waals surface area contributed by atoms with Gasteiger partial charge in [0.25, 0.3) is 11.7 Å². The number of ether oxygens (including phenoxy) is 2. The van der Waals surface area contributed by atoms with Crippen LogP contribution in [0.2, 0.25) is 5.02 Å². The van der Waals surface area contributed by atoms with Gasteiger partial charge >= 0.3 is 0 Å². The highest BCUT2D eigenvalue weighted by Crippen LogP contribution is 2.41. The average molecular weight is 388 g/mol. The standard InChI is InChI=1S/C20H18ClNO5/c1-22-17(12-6-9-14(26-2)15(10-12)27-3)16(19(24)20(22)25)18(23)11-4-7-13(21)8-5-11/h4-10,17,23H,1-3H3. The molecule has 7 heteroatoms. The first-order valence-electron chi connectivity index (χ1n) is 8.11. The quantitative estimate of drug-likeness (QED) is 0.494. The third-order valence-electron chi connectivity index (χ3n) is 4.52. The zero-order valence-corrected chi connectivity index (χ0v) is 15.8. The summed E-state index contributed by atoms with van der Waals surface area (Å²) < 4.78 is 10.5. The monoisotopic (exact) mass is 387 g/mol. The summed E-state index contributed by atoms with van der Waals surface area (Å²) in [7, 11) is 4.53. The van der Waals surface area contributed by atoms with Gasteiger partial charge in [0, 0.05) is 17.6 Å². The highest BCUT2D eigenvalue weighted by molar-refractivity contribution is 6.46. The third kappa shape index (κ3) is 3.24. The van der Waals surface area contributed by atoms with Crippen molar-refractivity contribution < 1.29 is 24.2 Å². The molecule has 1 fully saturated rings. The molecule has 140 valence electrons. The topological polar surface area (TPSA) is 76.1 Å². The number of benzene rings is 2. The van der Waals surface area contributed by atoms with E-state index in [0.717, 1.165) is 0 Å². The molecule has 0 aliphatic carbocycles. The van der Waals surface area contributed by atoms with E-state index in [9.17, 15) is 14.7 Å². The number of carbonyl (C=O) groups is 2. The van der Waals surface area contributed by atoms with E-state index in [1.165, 1.54) is 26.2 Å². The molecule has 0 saturated carbocycles. The normalized spacial score (nSPS) is 18.7. The predicted molar refractivity (Wildman–Crippen MR) is 101 cm³/mol. The number of hydrogen-bond donors (Lipinski definition) is 1. The van der Waals surface area contributed by atoms with E-state index >= 15 is 0 Å². The molecule has 3 rings (SSSR count). The van der Waals surface area contributed by atoms with Gasteiger partial charge in [0.2, 0.25) is 0 Å². The molecule has 2 aromatic carbocycles. The van der Waals surface area contributed by atoms with E-state index < -0.39 is 17.7 Å². The van der Waals surface area contributed by atoms with Crippen LogP contribution >= 0.6 is 11.6 Å². The van der Waals surface area contributed by atoms with Gasteiger partial charge in [-0.15, -0.1) is 0 Å². The lowest BCUT2D eigenvalue weighted by atomic mass is 9.95. The smallest absolute Gasteiger partial charge is 0.295 e. The number of likely N-dealkylation sites (tertiary alicyclic amines) is 1. The molecule has 1 N–H and O–H groups in total. The van der Waals surface area contributed by atoms with Crippen LogP contribution in [0.3, 0.4) is 0 Å². The van der Waals surface area contributed by atoms with Crippen LogP contribution in [0.15, 0.2) is 48.0 Å². The molecule has 1 aliphatic rings. The van der Waals surface area contributed by atoms with Crippen molar-refractivity contribution in [2.24, 2.45) is 0 Å². The van der Waals surface area contributed by atoms with Gasteiger partial charge in [-0.05, 0) is 42.0 Å². The number of methoxy groups -OCH3 is 2. The Bertz CT molecular complexity index is 936. The summed E-state index contributed by atoms with van der Waals surface area (Å²) in [6.07, 6.45) is 0. The molecule has 0 aromatic heterocycles. The summed E-state index contributed by atoms with van der Waals surface area (Å²) in [6, 6.07) is 10.7. The van der Waals surface area contributed by atoms with Crippen molar-refractivity contribution in [2.75, 3.05) is 21.3 Å². The Balaban J connectivity index is 2.17. The maximum absolute atomic E-state index is 12.6. The van der Waals surface area contributed by atoms with Crippen molar-refractivity contribution in [3.8, 4) is 11.5 Å². The molecule has 1 unspecified atom stereocenters. The van der Waals surface area contributed by atoms with Crippen LogP contribution in [0.5, 0.6) is 11.5 Å². The fraction of sp³-hybridized carbons (Fsp3) is 0.200.